The summed E-state index contributed by atoms with van der Waals surface area (Å²) in [6.45, 7) is 7.20. The summed E-state index contributed by atoms with van der Waals surface area (Å²) in [7, 11) is -3.78. The molecule has 1 aliphatic heterocycles. The summed E-state index contributed by atoms with van der Waals surface area (Å²) in [6.07, 6.45) is 0. The highest BCUT2D eigenvalue weighted by Gasteiger charge is 2.30. The number of carbonyl (C=O) groups is 1. The van der Waals surface area contributed by atoms with Crippen LogP contribution in [0.15, 0.2) is 53.4 Å². The van der Waals surface area contributed by atoms with Gasteiger partial charge in [0.2, 0.25) is 0 Å². The fourth-order valence-electron chi connectivity index (χ4n) is 3.00. The smallest absolute Gasteiger partial charge is 0.261 e. The van der Waals surface area contributed by atoms with Gasteiger partial charge in [-0.05, 0) is 51.1 Å². The molecular formula is C20H24N2O4S. The molecule has 1 amide bonds. The van der Waals surface area contributed by atoms with Crippen molar-refractivity contribution in [3.05, 3.63) is 59.7 Å². The van der Waals surface area contributed by atoms with Crippen LogP contribution in [0.25, 0.3) is 0 Å². The molecule has 0 aromatic heterocycles. The third-order valence-electron chi connectivity index (χ3n) is 4.41. The summed E-state index contributed by atoms with van der Waals surface area (Å²) in [5, 5.41) is 0. The third-order valence-corrected chi connectivity index (χ3v) is 5.79. The van der Waals surface area contributed by atoms with E-state index in [0.717, 1.165) is 5.56 Å². The number of hydrogen-bond acceptors (Lipinski definition) is 4. The van der Waals surface area contributed by atoms with E-state index >= 15 is 0 Å². The largest absolute Gasteiger partial charge is 0.372 e. The van der Waals surface area contributed by atoms with Crippen LogP contribution in [0.2, 0.25) is 0 Å². The minimum atomic E-state index is -3.78. The van der Waals surface area contributed by atoms with Crippen molar-refractivity contribution >= 4 is 21.6 Å². The van der Waals surface area contributed by atoms with Crippen molar-refractivity contribution < 1.29 is 17.9 Å². The molecular weight excluding hydrogens is 364 g/mol. The molecule has 3 rings (SSSR count). The summed E-state index contributed by atoms with van der Waals surface area (Å²) in [6, 6.07) is 13.2. The number of anilines is 1. The zero-order valence-corrected chi connectivity index (χ0v) is 16.5. The van der Waals surface area contributed by atoms with E-state index in [1.165, 1.54) is 12.1 Å². The highest BCUT2D eigenvalue weighted by Crippen LogP contribution is 2.21. The Hall–Kier alpha value is -2.38. The topological polar surface area (TPSA) is 75.7 Å². The molecule has 2 aromatic carbocycles. The normalized spacial score (nSPS) is 16.8. The average Bonchev–Trinajstić information content (AvgIpc) is 2.62. The van der Waals surface area contributed by atoms with Gasteiger partial charge in [-0.1, -0.05) is 23.8 Å². The Morgan fingerprint density at radius 2 is 1.85 bits per heavy atom. The van der Waals surface area contributed by atoms with Crippen molar-refractivity contribution in [1.29, 1.82) is 0 Å². The van der Waals surface area contributed by atoms with Crippen LogP contribution in [0.3, 0.4) is 0 Å². The summed E-state index contributed by atoms with van der Waals surface area (Å²) in [5.41, 5.74) is 1.45. The van der Waals surface area contributed by atoms with Gasteiger partial charge in [-0.15, -0.1) is 0 Å². The Balaban J connectivity index is 1.82. The van der Waals surface area contributed by atoms with E-state index in [-0.39, 0.29) is 10.8 Å². The van der Waals surface area contributed by atoms with Gasteiger partial charge in [-0.3, -0.25) is 9.52 Å². The maximum atomic E-state index is 12.8. The van der Waals surface area contributed by atoms with Crippen LogP contribution in [0, 0.1) is 6.92 Å². The Bertz CT molecular complexity index is 937. The molecule has 0 aliphatic carbocycles. The van der Waals surface area contributed by atoms with E-state index in [4.69, 9.17) is 4.74 Å². The lowest BCUT2D eigenvalue weighted by molar-refractivity contribution is -0.0764. The number of aryl methyl sites for hydroxylation is 1. The lowest BCUT2D eigenvalue weighted by atomic mass is 10.1. The predicted octanol–water partition coefficient (Wildman–Crippen LogP) is 3.05. The molecule has 1 aliphatic rings. The molecule has 7 heteroatoms. The van der Waals surface area contributed by atoms with E-state index in [0.29, 0.717) is 30.9 Å². The lowest BCUT2D eigenvalue weighted by Gasteiger charge is -2.38. The third kappa shape index (κ3) is 4.67. The molecule has 27 heavy (non-hydrogen) atoms. The highest BCUT2D eigenvalue weighted by atomic mass is 32.2. The monoisotopic (exact) mass is 388 g/mol. The van der Waals surface area contributed by atoms with Crippen molar-refractivity contribution in [3.8, 4) is 0 Å². The maximum absolute atomic E-state index is 12.8. The summed E-state index contributed by atoms with van der Waals surface area (Å²) in [4.78, 5) is 14.6. The minimum absolute atomic E-state index is 0.0569. The van der Waals surface area contributed by atoms with Gasteiger partial charge in [0.15, 0.2) is 0 Å². The van der Waals surface area contributed by atoms with E-state index in [2.05, 4.69) is 4.72 Å². The first-order chi connectivity index (χ1) is 12.7. The van der Waals surface area contributed by atoms with Crippen LogP contribution < -0.4 is 4.72 Å². The Morgan fingerprint density at radius 3 is 2.52 bits per heavy atom. The van der Waals surface area contributed by atoms with Gasteiger partial charge in [0.1, 0.15) is 0 Å². The molecule has 0 spiro atoms. The Labute approximate surface area is 160 Å². The molecule has 0 atom stereocenters. The quantitative estimate of drug-likeness (QED) is 0.873. The number of nitrogens with zero attached hydrogens (tertiary/aromatic N) is 1. The van der Waals surface area contributed by atoms with Crippen LogP contribution in [-0.2, 0) is 14.8 Å². The molecule has 2 aromatic rings. The number of hydrogen-bond donors (Lipinski definition) is 1. The minimum Gasteiger partial charge on any atom is -0.372 e. The lowest BCUT2D eigenvalue weighted by Crippen LogP contribution is -2.50. The van der Waals surface area contributed by atoms with E-state index in [9.17, 15) is 13.2 Å². The van der Waals surface area contributed by atoms with Crippen LogP contribution in [0.4, 0.5) is 5.69 Å². The van der Waals surface area contributed by atoms with Gasteiger partial charge in [-0.2, -0.15) is 0 Å². The van der Waals surface area contributed by atoms with Crippen LogP contribution in [-0.4, -0.2) is 44.5 Å². The number of nitrogens with one attached hydrogen (secondary N) is 1. The van der Waals surface area contributed by atoms with Gasteiger partial charge < -0.3 is 9.64 Å². The van der Waals surface area contributed by atoms with Gasteiger partial charge in [0.25, 0.3) is 15.9 Å². The molecule has 0 unspecified atom stereocenters. The molecule has 0 radical (unpaired) electrons. The SMILES string of the molecule is Cc1ccc(NS(=O)(=O)c2cccc(C(=O)N3CCOC(C)(C)C3)c2)cc1. The van der Waals surface area contributed by atoms with Crippen LogP contribution >= 0.6 is 0 Å². The number of ether oxygens (including phenoxy) is 1. The first kappa shape index (κ1) is 19.4. The van der Waals surface area contributed by atoms with Crippen LogP contribution in [0.1, 0.15) is 29.8 Å². The fourth-order valence-corrected chi connectivity index (χ4v) is 4.11. The molecule has 144 valence electrons. The molecule has 1 saturated heterocycles. The predicted molar refractivity (Wildman–Crippen MR) is 104 cm³/mol. The summed E-state index contributed by atoms with van der Waals surface area (Å²) in [5.74, 6) is -0.196. The van der Waals surface area contributed by atoms with Crippen molar-refractivity contribution in [2.45, 2.75) is 31.3 Å². The number of carbonyl (C=O) groups excluding carboxylic acids is 1. The number of morpholine rings is 1. The molecule has 0 saturated carbocycles. The van der Waals surface area contributed by atoms with E-state index in [1.807, 2.05) is 32.9 Å². The molecule has 1 fully saturated rings. The highest BCUT2D eigenvalue weighted by molar-refractivity contribution is 7.92. The zero-order chi connectivity index (χ0) is 19.7. The Morgan fingerprint density at radius 1 is 1.15 bits per heavy atom. The molecule has 0 bridgehead atoms. The first-order valence-electron chi connectivity index (χ1n) is 8.79. The standard InChI is InChI=1S/C20H24N2O4S/c1-15-7-9-17(10-8-15)21-27(24,25)18-6-4-5-16(13-18)19(23)22-11-12-26-20(2,3)14-22/h4-10,13,21H,11-12,14H2,1-3H3. The second-order valence-electron chi connectivity index (χ2n) is 7.33. The van der Waals surface area contributed by atoms with Gasteiger partial charge in [-0.25, -0.2) is 8.42 Å². The average molecular weight is 388 g/mol. The number of rotatable bonds is 4. The Kier molecular flexibility index (Phi) is 5.26. The fraction of sp³-hybridized carbons (Fsp3) is 0.350. The number of benzene rings is 2. The van der Waals surface area contributed by atoms with Gasteiger partial charge >= 0.3 is 0 Å². The zero-order valence-electron chi connectivity index (χ0n) is 15.7. The van der Waals surface area contributed by atoms with Gasteiger partial charge in [0.05, 0.1) is 17.1 Å². The summed E-state index contributed by atoms with van der Waals surface area (Å²) >= 11 is 0. The first-order valence-corrected chi connectivity index (χ1v) is 10.3. The van der Waals surface area contributed by atoms with E-state index < -0.39 is 15.6 Å². The van der Waals surface area contributed by atoms with Crippen molar-refractivity contribution in [2.24, 2.45) is 0 Å². The molecule has 6 nitrogen and oxygen atoms in total. The van der Waals surface area contributed by atoms with Crippen LogP contribution in [0.5, 0.6) is 0 Å². The van der Waals surface area contributed by atoms with Crippen molar-refractivity contribution in [2.75, 3.05) is 24.4 Å². The molecule has 1 N–H and O–H groups in total. The number of amides is 1. The molecule has 1 heterocycles. The van der Waals surface area contributed by atoms with E-state index in [1.54, 1.807) is 29.2 Å². The van der Waals surface area contributed by atoms with Crippen molar-refractivity contribution in [3.63, 3.8) is 0 Å². The second-order valence-corrected chi connectivity index (χ2v) is 9.02. The number of sulfonamides is 1. The summed E-state index contributed by atoms with van der Waals surface area (Å²) < 4.78 is 33.6. The van der Waals surface area contributed by atoms with Crippen molar-refractivity contribution in [1.82, 2.24) is 4.90 Å². The second kappa shape index (κ2) is 7.32. The van der Waals surface area contributed by atoms with Gasteiger partial charge in [0, 0.05) is 24.3 Å². The maximum Gasteiger partial charge on any atom is 0.261 e.